The van der Waals surface area contributed by atoms with Crippen molar-refractivity contribution in [1.29, 1.82) is 0 Å². The second-order valence-electron chi connectivity index (χ2n) is 12.4. The lowest BCUT2D eigenvalue weighted by molar-refractivity contribution is 0.623. The number of hydrogen-bond acceptors (Lipinski definition) is 4. The molecule has 10 aromatic rings. The summed E-state index contributed by atoms with van der Waals surface area (Å²) in [4.78, 5) is 7.35. The molecule has 0 bridgehead atoms. The predicted octanol–water partition coefficient (Wildman–Crippen LogP) is 12.8. The van der Waals surface area contributed by atoms with Crippen molar-refractivity contribution in [3.05, 3.63) is 170 Å². The SMILES string of the molecule is c1ccc(-c2ccc(N(c3ccc(-c4ccccc4)cc3)c3cc4oc5cccc6c7nc(-c8ccccc8)oc7c(c3)c4c56)cc2)cc1. The minimum atomic E-state index is 0.605. The molecule has 0 aliphatic carbocycles. The lowest BCUT2D eigenvalue weighted by atomic mass is 9.99. The average Bonchev–Trinajstić information content (AvgIpc) is 3.80. The molecule has 0 unspecified atom stereocenters. The minimum absolute atomic E-state index is 0.605. The first kappa shape index (κ1) is 27.5. The van der Waals surface area contributed by atoms with Crippen molar-refractivity contribution >= 4 is 60.9 Å². The van der Waals surface area contributed by atoms with E-state index in [9.17, 15) is 0 Å². The van der Waals surface area contributed by atoms with Crippen molar-refractivity contribution in [2.24, 2.45) is 0 Å². The highest BCUT2D eigenvalue weighted by Gasteiger charge is 2.24. The molecule has 0 radical (unpaired) electrons. The highest BCUT2D eigenvalue weighted by atomic mass is 16.3. The number of hydrogen-bond donors (Lipinski definition) is 0. The van der Waals surface area contributed by atoms with Gasteiger partial charge in [-0.1, -0.05) is 115 Å². The van der Waals surface area contributed by atoms with E-state index in [2.05, 4.69) is 120 Å². The maximum absolute atomic E-state index is 6.64. The monoisotopic (exact) mass is 628 g/mol. The number of anilines is 3. The fourth-order valence-corrected chi connectivity index (χ4v) is 7.14. The van der Waals surface area contributed by atoms with Crippen LogP contribution in [0.3, 0.4) is 0 Å². The Morgan fingerprint density at radius 1 is 0.388 bits per heavy atom. The van der Waals surface area contributed by atoms with Crippen molar-refractivity contribution in [2.75, 3.05) is 4.90 Å². The Morgan fingerprint density at radius 2 is 0.918 bits per heavy atom. The summed E-state index contributed by atoms with van der Waals surface area (Å²) in [5.41, 5.74) is 11.9. The van der Waals surface area contributed by atoms with Gasteiger partial charge in [0.1, 0.15) is 16.7 Å². The standard InChI is InChI=1S/C45H28N2O2/c1-4-11-29(12-5-1)31-19-23-34(24-20-31)47(35-25-21-32(22-26-35)30-13-6-2-7-14-30)36-27-38-42-40(28-36)48-39-18-10-17-37(41(39)42)43-44(38)49-45(46-43)33-15-8-3-9-16-33/h1-28H. The molecule has 0 N–H and O–H groups in total. The Labute approximate surface area is 282 Å². The van der Waals surface area contributed by atoms with E-state index in [1.54, 1.807) is 0 Å². The second-order valence-corrected chi connectivity index (χ2v) is 12.4. The number of aromatic nitrogens is 1. The van der Waals surface area contributed by atoms with Crippen LogP contribution in [0.5, 0.6) is 0 Å². The van der Waals surface area contributed by atoms with Crippen LogP contribution in [0.15, 0.2) is 179 Å². The summed E-state index contributed by atoms with van der Waals surface area (Å²) in [7, 11) is 0. The van der Waals surface area contributed by atoms with Crippen LogP contribution in [0.25, 0.3) is 77.5 Å². The van der Waals surface area contributed by atoms with E-state index in [1.807, 2.05) is 54.6 Å². The Hall–Kier alpha value is -6.65. The molecule has 230 valence electrons. The number of fused-ring (bicyclic) bond motifs is 3. The molecule has 0 spiro atoms. The maximum Gasteiger partial charge on any atom is 0.227 e. The molecule has 4 heteroatoms. The van der Waals surface area contributed by atoms with Gasteiger partial charge >= 0.3 is 0 Å². The average molecular weight is 629 g/mol. The van der Waals surface area contributed by atoms with E-state index in [4.69, 9.17) is 13.8 Å². The molecule has 0 amide bonds. The molecule has 0 aliphatic rings. The van der Waals surface area contributed by atoms with E-state index >= 15 is 0 Å². The lowest BCUT2D eigenvalue weighted by Gasteiger charge is -2.26. The first-order valence-corrected chi connectivity index (χ1v) is 16.5. The Balaban J connectivity index is 1.20. The fourth-order valence-electron chi connectivity index (χ4n) is 7.14. The summed E-state index contributed by atoms with van der Waals surface area (Å²) in [6.07, 6.45) is 0. The number of rotatable bonds is 6. The van der Waals surface area contributed by atoms with Gasteiger partial charge in [-0.2, -0.15) is 0 Å². The van der Waals surface area contributed by atoms with Gasteiger partial charge in [0.15, 0.2) is 5.58 Å². The zero-order valence-corrected chi connectivity index (χ0v) is 26.4. The van der Waals surface area contributed by atoms with Gasteiger partial charge in [-0.15, -0.1) is 0 Å². The number of benzene rings is 8. The van der Waals surface area contributed by atoms with E-state index in [1.165, 1.54) is 22.3 Å². The van der Waals surface area contributed by atoms with Crippen LogP contribution >= 0.6 is 0 Å². The third kappa shape index (κ3) is 4.49. The third-order valence-electron chi connectivity index (χ3n) is 9.45. The van der Waals surface area contributed by atoms with Gasteiger partial charge in [0, 0.05) is 44.5 Å². The van der Waals surface area contributed by atoms with E-state index in [-0.39, 0.29) is 0 Å². The summed E-state index contributed by atoms with van der Waals surface area (Å²) in [5.74, 6) is 0.605. The first-order valence-electron chi connectivity index (χ1n) is 16.5. The molecule has 8 aromatic carbocycles. The highest BCUT2D eigenvalue weighted by molar-refractivity contribution is 6.32. The summed E-state index contributed by atoms with van der Waals surface area (Å²) in [6.45, 7) is 0. The Bertz CT molecular complexity index is 2650. The normalized spacial score (nSPS) is 11.7. The van der Waals surface area contributed by atoms with E-state index in [0.29, 0.717) is 5.89 Å². The predicted molar refractivity (Wildman–Crippen MR) is 201 cm³/mol. The zero-order chi connectivity index (χ0) is 32.3. The maximum atomic E-state index is 6.64. The number of oxazole rings is 1. The van der Waals surface area contributed by atoms with Crippen molar-refractivity contribution in [3.63, 3.8) is 0 Å². The van der Waals surface area contributed by atoms with Gasteiger partial charge in [0.2, 0.25) is 5.89 Å². The van der Waals surface area contributed by atoms with Crippen molar-refractivity contribution < 1.29 is 8.83 Å². The molecule has 0 aliphatic heterocycles. The van der Waals surface area contributed by atoms with Crippen LogP contribution in [-0.4, -0.2) is 4.98 Å². The molecule has 0 atom stereocenters. The van der Waals surface area contributed by atoms with Gasteiger partial charge in [0.25, 0.3) is 0 Å². The van der Waals surface area contributed by atoms with Crippen LogP contribution in [0.2, 0.25) is 0 Å². The fraction of sp³-hybridized carbons (Fsp3) is 0. The van der Waals surface area contributed by atoms with Crippen molar-refractivity contribution in [3.8, 4) is 33.7 Å². The first-order chi connectivity index (χ1) is 24.3. The Kier molecular flexibility index (Phi) is 6.15. The molecule has 2 aromatic heterocycles. The quantitative estimate of drug-likeness (QED) is 0.172. The smallest absolute Gasteiger partial charge is 0.227 e. The molecule has 2 heterocycles. The molecule has 10 rings (SSSR count). The summed E-state index contributed by atoms with van der Waals surface area (Å²) < 4.78 is 13.2. The van der Waals surface area contributed by atoms with Crippen LogP contribution in [-0.2, 0) is 0 Å². The minimum Gasteiger partial charge on any atom is -0.456 e. The van der Waals surface area contributed by atoms with Gasteiger partial charge in [0.05, 0.1) is 5.69 Å². The van der Waals surface area contributed by atoms with E-state index in [0.717, 1.165) is 66.4 Å². The molecule has 4 nitrogen and oxygen atoms in total. The second kappa shape index (κ2) is 11.0. The zero-order valence-electron chi connectivity index (χ0n) is 26.4. The van der Waals surface area contributed by atoms with Crippen LogP contribution < -0.4 is 4.90 Å². The highest BCUT2D eigenvalue weighted by Crippen LogP contribution is 2.47. The molecule has 0 fully saturated rings. The molecule has 49 heavy (non-hydrogen) atoms. The summed E-state index contributed by atoms with van der Waals surface area (Å²) >= 11 is 0. The van der Waals surface area contributed by atoms with Crippen molar-refractivity contribution in [2.45, 2.75) is 0 Å². The van der Waals surface area contributed by atoms with Crippen LogP contribution in [0.1, 0.15) is 0 Å². The van der Waals surface area contributed by atoms with Gasteiger partial charge < -0.3 is 13.7 Å². The van der Waals surface area contributed by atoms with Gasteiger partial charge in [-0.25, -0.2) is 4.98 Å². The van der Waals surface area contributed by atoms with Crippen LogP contribution in [0.4, 0.5) is 17.1 Å². The number of furan rings is 1. The van der Waals surface area contributed by atoms with Crippen molar-refractivity contribution in [1.82, 2.24) is 4.98 Å². The van der Waals surface area contributed by atoms with Crippen LogP contribution in [0, 0.1) is 0 Å². The largest absolute Gasteiger partial charge is 0.456 e. The van der Waals surface area contributed by atoms with Gasteiger partial charge in [-0.3, -0.25) is 0 Å². The lowest BCUT2D eigenvalue weighted by Crippen LogP contribution is -2.10. The van der Waals surface area contributed by atoms with Gasteiger partial charge in [-0.05, 0) is 70.8 Å². The summed E-state index contributed by atoms with van der Waals surface area (Å²) in [5, 5.41) is 4.13. The Morgan fingerprint density at radius 3 is 1.51 bits per heavy atom. The molecule has 0 saturated heterocycles. The summed E-state index contributed by atoms with van der Waals surface area (Å²) in [6, 6.07) is 59.1. The third-order valence-corrected chi connectivity index (χ3v) is 9.45. The molecular weight excluding hydrogens is 601 g/mol. The topological polar surface area (TPSA) is 42.4 Å². The molecular formula is C45H28N2O2. The molecule has 0 saturated carbocycles. The van der Waals surface area contributed by atoms with E-state index < -0.39 is 0 Å². The number of nitrogens with zero attached hydrogens (tertiary/aromatic N) is 2.